The minimum absolute atomic E-state index is 0.117. The zero-order valence-corrected chi connectivity index (χ0v) is 11.9. The molecule has 6 heteroatoms. The van der Waals surface area contributed by atoms with Crippen LogP contribution in [0.15, 0.2) is 12.1 Å². The first kappa shape index (κ1) is 15.8. The Morgan fingerprint density at radius 3 is 2.53 bits per heavy atom. The van der Waals surface area contributed by atoms with Crippen LogP contribution < -0.4 is 4.74 Å². The average molecular weight is 305 g/mol. The summed E-state index contributed by atoms with van der Waals surface area (Å²) >= 11 is 11.9. The standard InChI is InChI=1S/C13H14Cl2O4/c1-2-5-19-13-9(6-8(14)7-10(13)15)11(16)3-4-12(17)18/h6-7H,2-5H2,1H3,(H,17,18). The van der Waals surface area contributed by atoms with Crippen LogP contribution in [0, 0.1) is 0 Å². The fraction of sp³-hybridized carbons (Fsp3) is 0.385. The smallest absolute Gasteiger partial charge is 0.303 e. The highest BCUT2D eigenvalue weighted by Crippen LogP contribution is 2.33. The summed E-state index contributed by atoms with van der Waals surface area (Å²) in [7, 11) is 0. The Morgan fingerprint density at radius 1 is 1.26 bits per heavy atom. The number of hydrogen-bond acceptors (Lipinski definition) is 3. The van der Waals surface area contributed by atoms with Gasteiger partial charge < -0.3 is 9.84 Å². The van der Waals surface area contributed by atoms with Gasteiger partial charge >= 0.3 is 5.97 Å². The predicted octanol–water partition coefficient (Wildman–Crippen LogP) is 3.83. The van der Waals surface area contributed by atoms with Crippen LogP contribution >= 0.6 is 23.2 Å². The quantitative estimate of drug-likeness (QED) is 0.778. The Morgan fingerprint density at radius 2 is 1.95 bits per heavy atom. The molecule has 0 bridgehead atoms. The third-order valence-corrected chi connectivity index (χ3v) is 2.82. The fourth-order valence-electron chi connectivity index (χ4n) is 1.47. The van der Waals surface area contributed by atoms with E-state index in [-0.39, 0.29) is 35.0 Å². The molecule has 19 heavy (non-hydrogen) atoms. The highest BCUT2D eigenvalue weighted by atomic mass is 35.5. The van der Waals surface area contributed by atoms with Crippen LogP contribution in [0.2, 0.25) is 10.0 Å². The van der Waals surface area contributed by atoms with Gasteiger partial charge in [0.2, 0.25) is 0 Å². The van der Waals surface area contributed by atoms with E-state index in [1.165, 1.54) is 12.1 Å². The number of carbonyl (C=O) groups excluding carboxylic acids is 1. The summed E-state index contributed by atoms with van der Waals surface area (Å²) in [6.45, 7) is 2.34. The number of hydrogen-bond donors (Lipinski definition) is 1. The minimum atomic E-state index is -1.03. The molecule has 0 aromatic heterocycles. The Labute approximate surface area is 121 Å². The molecular formula is C13H14Cl2O4. The van der Waals surface area contributed by atoms with E-state index in [1.807, 2.05) is 6.92 Å². The second-order valence-electron chi connectivity index (χ2n) is 3.93. The molecule has 0 radical (unpaired) electrons. The SMILES string of the molecule is CCCOc1c(Cl)cc(Cl)cc1C(=O)CCC(=O)O. The van der Waals surface area contributed by atoms with E-state index in [9.17, 15) is 9.59 Å². The van der Waals surface area contributed by atoms with Crippen molar-refractivity contribution in [2.45, 2.75) is 26.2 Å². The van der Waals surface area contributed by atoms with E-state index in [1.54, 1.807) is 0 Å². The van der Waals surface area contributed by atoms with Gasteiger partial charge in [0.1, 0.15) is 5.75 Å². The summed E-state index contributed by atoms with van der Waals surface area (Å²) in [5.74, 6) is -1.11. The van der Waals surface area contributed by atoms with Crippen LogP contribution in [-0.2, 0) is 4.79 Å². The van der Waals surface area contributed by atoms with Gasteiger partial charge in [0.15, 0.2) is 5.78 Å². The van der Waals surface area contributed by atoms with E-state index in [0.717, 1.165) is 6.42 Å². The molecule has 1 N–H and O–H groups in total. The molecule has 0 aliphatic rings. The van der Waals surface area contributed by atoms with E-state index in [0.29, 0.717) is 11.6 Å². The van der Waals surface area contributed by atoms with Crippen molar-refractivity contribution in [1.29, 1.82) is 0 Å². The van der Waals surface area contributed by atoms with Gasteiger partial charge in [-0.3, -0.25) is 9.59 Å². The first-order chi connectivity index (χ1) is 8.95. The van der Waals surface area contributed by atoms with Crippen LogP contribution in [-0.4, -0.2) is 23.5 Å². The molecule has 0 heterocycles. The van der Waals surface area contributed by atoms with Crippen LogP contribution in [0.4, 0.5) is 0 Å². The molecule has 0 fully saturated rings. The molecule has 0 saturated heterocycles. The van der Waals surface area contributed by atoms with Crippen molar-refractivity contribution in [1.82, 2.24) is 0 Å². The zero-order chi connectivity index (χ0) is 14.4. The number of carboxylic acids is 1. The molecule has 0 atom stereocenters. The third kappa shape index (κ3) is 4.73. The van der Waals surface area contributed by atoms with Gasteiger partial charge in [-0.2, -0.15) is 0 Å². The number of ketones is 1. The molecule has 0 saturated carbocycles. The highest BCUT2D eigenvalue weighted by Gasteiger charge is 2.18. The minimum Gasteiger partial charge on any atom is -0.491 e. The lowest BCUT2D eigenvalue weighted by atomic mass is 10.1. The first-order valence-corrected chi connectivity index (χ1v) is 6.58. The van der Waals surface area contributed by atoms with Crippen molar-refractivity contribution in [3.8, 4) is 5.75 Å². The Bertz CT molecular complexity index is 486. The lowest BCUT2D eigenvalue weighted by molar-refractivity contribution is -0.136. The largest absolute Gasteiger partial charge is 0.491 e. The van der Waals surface area contributed by atoms with Crippen molar-refractivity contribution in [3.63, 3.8) is 0 Å². The van der Waals surface area contributed by atoms with Gasteiger partial charge in [-0.05, 0) is 18.6 Å². The Kier molecular flexibility index (Phi) is 6.12. The molecule has 1 aromatic rings. The number of Topliss-reactive ketones (excluding diaryl/α,β-unsaturated/α-hetero) is 1. The maximum atomic E-state index is 12.0. The lowest BCUT2D eigenvalue weighted by Gasteiger charge is -2.12. The number of halogens is 2. The van der Waals surface area contributed by atoms with Crippen molar-refractivity contribution >= 4 is 35.0 Å². The Hall–Kier alpha value is -1.26. The number of rotatable bonds is 7. The van der Waals surface area contributed by atoms with E-state index in [4.69, 9.17) is 33.0 Å². The summed E-state index contributed by atoms with van der Waals surface area (Å²) in [6, 6.07) is 2.94. The van der Waals surface area contributed by atoms with Crippen LogP contribution in [0.1, 0.15) is 36.5 Å². The third-order valence-electron chi connectivity index (χ3n) is 2.33. The number of ether oxygens (including phenoxy) is 1. The molecule has 4 nitrogen and oxygen atoms in total. The van der Waals surface area contributed by atoms with Crippen molar-refractivity contribution in [2.75, 3.05) is 6.61 Å². The van der Waals surface area contributed by atoms with Gasteiger partial charge in [-0.1, -0.05) is 30.1 Å². The van der Waals surface area contributed by atoms with Gasteiger partial charge in [0.25, 0.3) is 0 Å². The maximum Gasteiger partial charge on any atom is 0.303 e. The Balaban J connectivity index is 3.02. The van der Waals surface area contributed by atoms with Crippen LogP contribution in [0.3, 0.4) is 0 Å². The van der Waals surface area contributed by atoms with Gasteiger partial charge in [0, 0.05) is 11.4 Å². The van der Waals surface area contributed by atoms with Gasteiger partial charge in [0.05, 0.1) is 23.6 Å². The van der Waals surface area contributed by atoms with E-state index >= 15 is 0 Å². The number of aliphatic carboxylic acids is 1. The molecular weight excluding hydrogens is 291 g/mol. The first-order valence-electron chi connectivity index (χ1n) is 5.82. The summed E-state index contributed by atoms with van der Waals surface area (Å²) in [5.41, 5.74) is 0.229. The van der Waals surface area contributed by atoms with Crippen molar-refractivity contribution < 1.29 is 19.4 Å². The molecule has 0 aliphatic carbocycles. The molecule has 0 spiro atoms. The average Bonchev–Trinajstić information content (AvgIpc) is 2.34. The molecule has 1 aromatic carbocycles. The zero-order valence-electron chi connectivity index (χ0n) is 10.4. The summed E-state index contributed by atoms with van der Waals surface area (Å²) in [6.07, 6.45) is 0.409. The normalized spacial score (nSPS) is 10.3. The van der Waals surface area contributed by atoms with Crippen LogP contribution in [0.25, 0.3) is 0 Å². The van der Waals surface area contributed by atoms with Crippen molar-refractivity contribution in [2.24, 2.45) is 0 Å². The fourth-order valence-corrected chi connectivity index (χ4v) is 2.02. The van der Waals surface area contributed by atoms with E-state index < -0.39 is 5.97 Å². The second-order valence-corrected chi connectivity index (χ2v) is 4.77. The predicted molar refractivity (Wildman–Crippen MR) is 73.4 cm³/mol. The lowest BCUT2D eigenvalue weighted by Crippen LogP contribution is -2.08. The topological polar surface area (TPSA) is 63.6 Å². The monoisotopic (exact) mass is 304 g/mol. The molecule has 0 amide bonds. The van der Waals surface area contributed by atoms with Gasteiger partial charge in [-0.15, -0.1) is 0 Å². The summed E-state index contributed by atoms with van der Waals surface area (Å²) in [4.78, 5) is 22.5. The molecule has 0 unspecified atom stereocenters. The summed E-state index contributed by atoms with van der Waals surface area (Å²) < 4.78 is 5.44. The van der Waals surface area contributed by atoms with Crippen molar-refractivity contribution in [3.05, 3.63) is 27.7 Å². The van der Waals surface area contributed by atoms with Crippen LogP contribution in [0.5, 0.6) is 5.75 Å². The molecule has 0 aliphatic heterocycles. The van der Waals surface area contributed by atoms with Gasteiger partial charge in [-0.25, -0.2) is 0 Å². The van der Waals surface area contributed by atoms with E-state index in [2.05, 4.69) is 0 Å². The summed E-state index contributed by atoms with van der Waals surface area (Å²) in [5, 5.41) is 9.16. The molecule has 104 valence electrons. The maximum absolute atomic E-state index is 12.0. The highest BCUT2D eigenvalue weighted by molar-refractivity contribution is 6.36. The second kappa shape index (κ2) is 7.36. The number of carboxylic acid groups (broad SMARTS) is 1. The molecule has 1 rings (SSSR count). The number of benzene rings is 1. The number of carbonyl (C=O) groups is 2.